The van der Waals surface area contributed by atoms with Gasteiger partial charge in [-0.05, 0) is 57.0 Å². The van der Waals surface area contributed by atoms with Crippen LogP contribution in [0, 0.1) is 5.82 Å². The molecule has 2 fully saturated rings. The van der Waals surface area contributed by atoms with Gasteiger partial charge in [-0.1, -0.05) is 28.8 Å². The summed E-state index contributed by atoms with van der Waals surface area (Å²) in [7, 11) is 0. The molecule has 110 valence electrons. The van der Waals surface area contributed by atoms with E-state index in [2.05, 4.69) is 20.8 Å². The molecule has 1 aromatic rings. The van der Waals surface area contributed by atoms with Gasteiger partial charge < -0.3 is 5.73 Å². The number of nitrogens with two attached hydrogens (primary N) is 1. The van der Waals surface area contributed by atoms with Gasteiger partial charge in [0.25, 0.3) is 0 Å². The molecular formula is C16H22BrFN2. The fourth-order valence-electron chi connectivity index (χ4n) is 4.02. The van der Waals surface area contributed by atoms with Crippen LogP contribution in [-0.4, -0.2) is 23.5 Å². The van der Waals surface area contributed by atoms with Gasteiger partial charge in [0.05, 0.1) is 6.04 Å². The topological polar surface area (TPSA) is 29.3 Å². The van der Waals surface area contributed by atoms with Crippen LogP contribution in [0.1, 0.15) is 50.1 Å². The molecule has 1 aromatic carbocycles. The molecule has 1 saturated heterocycles. The van der Waals surface area contributed by atoms with Gasteiger partial charge in [-0.2, -0.15) is 0 Å². The smallest absolute Gasteiger partial charge is 0.128 e. The van der Waals surface area contributed by atoms with Crippen LogP contribution in [0.4, 0.5) is 4.39 Å². The van der Waals surface area contributed by atoms with E-state index in [1.807, 2.05) is 6.07 Å². The first-order chi connectivity index (χ1) is 9.63. The lowest BCUT2D eigenvalue weighted by molar-refractivity contribution is 0.0908. The second kappa shape index (κ2) is 5.74. The Labute approximate surface area is 128 Å². The van der Waals surface area contributed by atoms with E-state index >= 15 is 0 Å². The van der Waals surface area contributed by atoms with Gasteiger partial charge >= 0.3 is 0 Å². The molecule has 0 amide bonds. The Balaban J connectivity index is 1.96. The third-order valence-electron chi connectivity index (χ3n) is 5.08. The summed E-state index contributed by atoms with van der Waals surface area (Å²) in [4.78, 5) is 2.53. The van der Waals surface area contributed by atoms with Crippen molar-refractivity contribution in [1.29, 1.82) is 0 Å². The van der Waals surface area contributed by atoms with Crippen LogP contribution in [0.2, 0.25) is 0 Å². The highest BCUT2D eigenvalue weighted by molar-refractivity contribution is 9.10. The Morgan fingerprint density at radius 3 is 2.45 bits per heavy atom. The lowest BCUT2D eigenvalue weighted by Crippen LogP contribution is -2.52. The third-order valence-corrected chi connectivity index (χ3v) is 5.57. The second-order valence-corrected chi connectivity index (χ2v) is 7.06. The molecule has 4 heteroatoms. The number of hydrogen-bond donors (Lipinski definition) is 1. The zero-order valence-corrected chi connectivity index (χ0v) is 13.3. The fraction of sp³-hybridized carbons (Fsp3) is 0.625. The lowest BCUT2D eigenvalue weighted by atomic mass is 9.82. The number of halogens is 2. The number of rotatable bonds is 3. The highest BCUT2D eigenvalue weighted by Crippen LogP contribution is 2.45. The summed E-state index contributed by atoms with van der Waals surface area (Å²) in [5.41, 5.74) is 7.21. The van der Waals surface area contributed by atoms with Crippen molar-refractivity contribution in [3.8, 4) is 0 Å². The standard InChI is InChI=1S/C16H22BrFN2/c17-12-5-6-14(18)13(11-12)15(19)16(7-1-2-8-16)20-9-3-4-10-20/h5-6,11,15H,1-4,7-10,19H2. The molecule has 20 heavy (non-hydrogen) atoms. The van der Waals surface area contributed by atoms with Crippen LogP contribution >= 0.6 is 15.9 Å². The molecule has 2 aliphatic rings. The van der Waals surface area contributed by atoms with Crippen molar-refractivity contribution in [3.05, 3.63) is 34.1 Å². The van der Waals surface area contributed by atoms with Crippen molar-refractivity contribution in [1.82, 2.24) is 4.90 Å². The highest BCUT2D eigenvalue weighted by Gasteiger charge is 2.46. The number of likely N-dealkylation sites (tertiary alicyclic amines) is 1. The first-order valence-electron chi connectivity index (χ1n) is 7.59. The van der Waals surface area contributed by atoms with Crippen LogP contribution in [-0.2, 0) is 0 Å². The van der Waals surface area contributed by atoms with E-state index in [1.165, 1.54) is 31.7 Å². The Kier molecular flexibility index (Phi) is 4.16. The summed E-state index contributed by atoms with van der Waals surface area (Å²) in [6.07, 6.45) is 7.10. The minimum absolute atomic E-state index is 0.0296. The summed E-state index contributed by atoms with van der Waals surface area (Å²) >= 11 is 3.44. The molecule has 0 bridgehead atoms. The maximum absolute atomic E-state index is 14.2. The Morgan fingerprint density at radius 1 is 1.15 bits per heavy atom. The van der Waals surface area contributed by atoms with Gasteiger partial charge in [-0.3, -0.25) is 4.90 Å². The predicted octanol–water partition coefficient (Wildman–Crippen LogP) is 4.00. The van der Waals surface area contributed by atoms with E-state index in [-0.39, 0.29) is 17.4 Å². The van der Waals surface area contributed by atoms with Crippen LogP contribution in [0.25, 0.3) is 0 Å². The van der Waals surface area contributed by atoms with Crippen molar-refractivity contribution in [2.75, 3.05) is 13.1 Å². The van der Waals surface area contributed by atoms with Gasteiger partial charge in [-0.15, -0.1) is 0 Å². The quantitative estimate of drug-likeness (QED) is 0.901. The fourth-order valence-corrected chi connectivity index (χ4v) is 4.39. The van der Waals surface area contributed by atoms with Gasteiger partial charge in [0.1, 0.15) is 5.82 Å². The molecule has 0 radical (unpaired) electrons. The SMILES string of the molecule is NC(c1cc(Br)ccc1F)C1(N2CCCC2)CCCC1. The van der Waals surface area contributed by atoms with Crippen LogP contribution in [0.3, 0.4) is 0 Å². The molecule has 1 atom stereocenters. The monoisotopic (exact) mass is 340 g/mol. The maximum Gasteiger partial charge on any atom is 0.128 e. The average molecular weight is 341 g/mol. The van der Waals surface area contributed by atoms with Crippen LogP contribution < -0.4 is 5.73 Å². The minimum atomic E-state index is -0.236. The number of benzene rings is 1. The van der Waals surface area contributed by atoms with E-state index < -0.39 is 0 Å². The van der Waals surface area contributed by atoms with E-state index in [4.69, 9.17) is 5.73 Å². The van der Waals surface area contributed by atoms with Crippen LogP contribution in [0.15, 0.2) is 22.7 Å². The normalized spacial score (nSPS) is 24.1. The van der Waals surface area contributed by atoms with Gasteiger partial charge in [-0.25, -0.2) is 4.39 Å². The van der Waals surface area contributed by atoms with Gasteiger partial charge in [0.15, 0.2) is 0 Å². The molecule has 2 N–H and O–H groups in total. The molecule has 3 rings (SSSR count). The molecular weight excluding hydrogens is 319 g/mol. The van der Waals surface area contributed by atoms with Crippen molar-refractivity contribution in [3.63, 3.8) is 0 Å². The summed E-state index contributed by atoms with van der Waals surface area (Å²) in [6.45, 7) is 2.23. The van der Waals surface area contributed by atoms with Crippen molar-refractivity contribution in [2.24, 2.45) is 5.73 Å². The predicted molar refractivity (Wildman–Crippen MR) is 83.0 cm³/mol. The minimum Gasteiger partial charge on any atom is -0.322 e. The van der Waals surface area contributed by atoms with E-state index in [9.17, 15) is 4.39 Å². The third kappa shape index (κ3) is 2.42. The summed E-state index contributed by atoms with van der Waals surface area (Å²) in [6, 6.07) is 4.88. The number of hydrogen-bond acceptors (Lipinski definition) is 2. The van der Waals surface area contributed by atoms with Crippen molar-refractivity contribution < 1.29 is 4.39 Å². The first-order valence-corrected chi connectivity index (χ1v) is 8.38. The van der Waals surface area contributed by atoms with Gasteiger partial charge in [0.2, 0.25) is 0 Å². The molecule has 2 nitrogen and oxygen atoms in total. The Bertz CT molecular complexity index is 479. The van der Waals surface area contributed by atoms with Crippen molar-refractivity contribution >= 4 is 15.9 Å². The Hall–Kier alpha value is -0.450. The highest BCUT2D eigenvalue weighted by atomic mass is 79.9. The second-order valence-electron chi connectivity index (χ2n) is 6.15. The van der Waals surface area contributed by atoms with E-state index in [0.29, 0.717) is 5.56 Å². The van der Waals surface area contributed by atoms with Crippen LogP contribution in [0.5, 0.6) is 0 Å². The molecule has 1 aliphatic carbocycles. The first kappa shape index (κ1) is 14.5. The van der Waals surface area contributed by atoms with E-state index in [0.717, 1.165) is 30.4 Å². The molecule has 1 unspecified atom stereocenters. The van der Waals surface area contributed by atoms with Gasteiger partial charge in [0, 0.05) is 15.6 Å². The summed E-state index contributed by atoms with van der Waals surface area (Å²) < 4.78 is 15.1. The number of nitrogens with zero attached hydrogens (tertiary/aromatic N) is 1. The molecule has 1 saturated carbocycles. The molecule has 1 heterocycles. The molecule has 1 aliphatic heterocycles. The zero-order chi connectivity index (χ0) is 14.2. The zero-order valence-electron chi connectivity index (χ0n) is 11.7. The van der Waals surface area contributed by atoms with E-state index in [1.54, 1.807) is 6.07 Å². The molecule has 0 spiro atoms. The maximum atomic E-state index is 14.2. The molecule has 0 aromatic heterocycles. The Morgan fingerprint density at radius 2 is 1.80 bits per heavy atom. The largest absolute Gasteiger partial charge is 0.322 e. The summed E-state index contributed by atoms with van der Waals surface area (Å²) in [5.74, 6) is -0.175. The lowest BCUT2D eigenvalue weighted by Gasteiger charge is -2.43. The van der Waals surface area contributed by atoms with Crippen molar-refractivity contribution in [2.45, 2.75) is 50.1 Å². The average Bonchev–Trinajstić information content (AvgIpc) is 3.11. The summed E-state index contributed by atoms with van der Waals surface area (Å²) in [5, 5.41) is 0.